The molecule has 0 aliphatic carbocycles. The lowest BCUT2D eigenvalue weighted by molar-refractivity contribution is 0.0993. The van der Waals surface area contributed by atoms with Gasteiger partial charge in [-0.05, 0) is 24.6 Å². The molecule has 1 aromatic carbocycles. The van der Waals surface area contributed by atoms with Gasteiger partial charge in [0.25, 0.3) is 0 Å². The van der Waals surface area contributed by atoms with Crippen LogP contribution in [0.15, 0.2) is 24.3 Å². The van der Waals surface area contributed by atoms with Crippen molar-refractivity contribution in [3.63, 3.8) is 0 Å². The highest BCUT2D eigenvalue weighted by molar-refractivity contribution is 5.97. The molecule has 1 rings (SSSR count). The van der Waals surface area contributed by atoms with Crippen LogP contribution in [-0.2, 0) is 0 Å². The van der Waals surface area contributed by atoms with E-state index in [2.05, 4.69) is 25.2 Å². The molecule has 0 aliphatic heterocycles. The molecule has 0 bridgehead atoms. The molecular formula is C12H17NO. The number of carbonyl (C=O) groups excluding carboxylic acids is 1. The predicted molar refractivity (Wildman–Crippen MR) is 58.8 cm³/mol. The molecule has 2 nitrogen and oxygen atoms in total. The molecule has 2 heteroatoms. The fraction of sp³-hybridized carbons (Fsp3) is 0.417. The third kappa shape index (κ3) is 2.67. The van der Waals surface area contributed by atoms with Crippen LogP contribution < -0.4 is 5.32 Å². The van der Waals surface area contributed by atoms with E-state index in [1.807, 2.05) is 18.2 Å². The minimum atomic E-state index is 0.148. The van der Waals surface area contributed by atoms with Crippen molar-refractivity contribution in [1.82, 2.24) is 5.32 Å². The Bertz CT molecular complexity index is 318. The van der Waals surface area contributed by atoms with Crippen molar-refractivity contribution in [3.05, 3.63) is 35.4 Å². The Kier molecular flexibility index (Phi) is 3.84. The second-order valence-electron chi connectivity index (χ2n) is 3.73. The van der Waals surface area contributed by atoms with Crippen molar-refractivity contribution in [1.29, 1.82) is 0 Å². The Labute approximate surface area is 85.3 Å². The lowest BCUT2D eigenvalue weighted by atomic mass is 9.99. The van der Waals surface area contributed by atoms with Gasteiger partial charge in [-0.15, -0.1) is 0 Å². The number of rotatable bonds is 4. The van der Waals surface area contributed by atoms with E-state index in [1.165, 1.54) is 5.56 Å². The van der Waals surface area contributed by atoms with E-state index in [1.54, 1.807) is 7.05 Å². The second kappa shape index (κ2) is 4.91. The average molecular weight is 191 g/mol. The van der Waals surface area contributed by atoms with Crippen molar-refractivity contribution < 1.29 is 4.79 Å². The molecule has 0 aliphatic rings. The molecule has 0 fully saturated rings. The van der Waals surface area contributed by atoms with E-state index in [-0.39, 0.29) is 5.78 Å². The van der Waals surface area contributed by atoms with E-state index >= 15 is 0 Å². The van der Waals surface area contributed by atoms with Gasteiger partial charge in [0.1, 0.15) is 0 Å². The second-order valence-corrected chi connectivity index (χ2v) is 3.73. The summed E-state index contributed by atoms with van der Waals surface area (Å²) in [6.07, 6.45) is 0. The van der Waals surface area contributed by atoms with E-state index < -0.39 is 0 Å². The third-order valence-electron chi connectivity index (χ3n) is 2.21. The van der Waals surface area contributed by atoms with Gasteiger partial charge in [0.05, 0.1) is 6.54 Å². The maximum absolute atomic E-state index is 11.6. The number of nitrogens with one attached hydrogen (secondary N) is 1. The SMILES string of the molecule is CNCC(=O)c1cccc(C(C)C)c1. The fourth-order valence-corrected chi connectivity index (χ4v) is 1.33. The number of Topliss-reactive ketones (excluding diaryl/α,β-unsaturated/α-hetero) is 1. The van der Waals surface area contributed by atoms with Gasteiger partial charge in [-0.25, -0.2) is 0 Å². The Morgan fingerprint density at radius 2 is 2.14 bits per heavy atom. The van der Waals surface area contributed by atoms with E-state index in [9.17, 15) is 4.79 Å². The molecule has 1 aromatic rings. The van der Waals surface area contributed by atoms with Gasteiger partial charge >= 0.3 is 0 Å². The van der Waals surface area contributed by atoms with Crippen molar-refractivity contribution >= 4 is 5.78 Å². The number of ketones is 1. The first-order valence-corrected chi connectivity index (χ1v) is 4.93. The van der Waals surface area contributed by atoms with E-state index in [0.29, 0.717) is 12.5 Å². The lowest BCUT2D eigenvalue weighted by Gasteiger charge is -2.07. The molecule has 0 saturated carbocycles. The topological polar surface area (TPSA) is 29.1 Å². The summed E-state index contributed by atoms with van der Waals surface area (Å²) in [5.74, 6) is 0.618. The summed E-state index contributed by atoms with van der Waals surface area (Å²) in [7, 11) is 1.78. The largest absolute Gasteiger partial charge is 0.313 e. The highest BCUT2D eigenvalue weighted by Crippen LogP contribution is 2.15. The number of likely N-dealkylation sites (N-methyl/N-ethyl adjacent to an activating group) is 1. The fourth-order valence-electron chi connectivity index (χ4n) is 1.33. The molecule has 0 heterocycles. The zero-order valence-corrected chi connectivity index (χ0v) is 9.00. The van der Waals surface area contributed by atoms with Crippen LogP contribution in [0.2, 0.25) is 0 Å². The summed E-state index contributed by atoms with van der Waals surface area (Å²) in [6, 6.07) is 7.84. The first-order valence-electron chi connectivity index (χ1n) is 4.93. The van der Waals surface area contributed by atoms with Crippen LogP contribution in [0.1, 0.15) is 35.7 Å². The van der Waals surface area contributed by atoms with Gasteiger partial charge < -0.3 is 5.32 Å². The van der Waals surface area contributed by atoms with Crippen molar-refractivity contribution in [2.45, 2.75) is 19.8 Å². The summed E-state index contributed by atoms with van der Waals surface area (Å²) in [4.78, 5) is 11.6. The van der Waals surface area contributed by atoms with Crippen molar-refractivity contribution in [2.24, 2.45) is 0 Å². The Hall–Kier alpha value is -1.15. The summed E-state index contributed by atoms with van der Waals surface area (Å²) in [5, 5.41) is 2.87. The van der Waals surface area contributed by atoms with Crippen LogP contribution in [-0.4, -0.2) is 19.4 Å². The van der Waals surface area contributed by atoms with Crippen LogP contribution in [0.3, 0.4) is 0 Å². The molecule has 0 atom stereocenters. The minimum absolute atomic E-state index is 0.148. The van der Waals surface area contributed by atoms with Crippen LogP contribution in [0.5, 0.6) is 0 Å². The predicted octanol–water partition coefficient (Wildman–Crippen LogP) is 2.21. The highest BCUT2D eigenvalue weighted by Gasteiger charge is 2.06. The first kappa shape index (κ1) is 10.9. The van der Waals surface area contributed by atoms with Gasteiger partial charge in [-0.1, -0.05) is 32.0 Å². The number of carbonyl (C=O) groups is 1. The smallest absolute Gasteiger partial charge is 0.176 e. The highest BCUT2D eigenvalue weighted by atomic mass is 16.1. The lowest BCUT2D eigenvalue weighted by Crippen LogP contribution is -2.18. The zero-order chi connectivity index (χ0) is 10.6. The van der Waals surface area contributed by atoms with Gasteiger partial charge in [-0.3, -0.25) is 4.79 Å². The average Bonchev–Trinajstić information content (AvgIpc) is 2.18. The Morgan fingerprint density at radius 3 is 2.71 bits per heavy atom. The standard InChI is InChI=1S/C12H17NO/c1-9(2)10-5-4-6-11(7-10)12(14)8-13-3/h4-7,9,13H,8H2,1-3H3. The molecule has 0 amide bonds. The van der Waals surface area contributed by atoms with Crippen molar-refractivity contribution in [3.8, 4) is 0 Å². The van der Waals surface area contributed by atoms with Gasteiger partial charge in [0, 0.05) is 5.56 Å². The van der Waals surface area contributed by atoms with Crippen LogP contribution in [0.25, 0.3) is 0 Å². The first-order chi connectivity index (χ1) is 6.65. The monoisotopic (exact) mass is 191 g/mol. The van der Waals surface area contributed by atoms with Gasteiger partial charge in [0.15, 0.2) is 5.78 Å². The number of benzene rings is 1. The molecule has 0 unspecified atom stereocenters. The Morgan fingerprint density at radius 1 is 1.43 bits per heavy atom. The molecule has 0 aromatic heterocycles. The van der Waals surface area contributed by atoms with Gasteiger partial charge in [0.2, 0.25) is 0 Å². The van der Waals surface area contributed by atoms with Crippen LogP contribution in [0.4, 0.5) is 0 Å². The Balaban J connectivity index is 2.88. The quantitative estimate of drug-likeness (QED) is 0.739. The van der Waals surface area contributed by atoms with Crippen LogP contribution >= 0.6 is 0 Å². The van der Waals surface area contributed by atoms with Gasteiger partial charge in [-0.2, -0.15) is 0 Å². The molecule has 0 saturated heterocycles. The molecule has 14 heavy (non-hydrogen) atoms. The van der Waals surface area contributed by atoms with Crippen molar-refractivity contribution in [2.75, 3.05) is 13.6 Å². The third-order valence-corrected chi connectivity index (χ3v) is 2.21. The summed E-state index contributed by atoms with van der Waals surface area (Å²) >= 11 is 0. The van der Waals surface area contributed by atoms with E-state index in [4.69, 9.17) is 0 Å². The number of hydrogen-bond acceptors (Lipinski definition) is 2. The molecule has 0 radical (unpaired) electrons. The molecule has 1 N–H and O–H groups in total. The zero-order valence-electron chi connectivity index (χ0n) is 9.00. The van der Waals surface area contributed by atoms with Crippen LogP contribution in [0, 0.1) is 0 Å². The maximum Gasteiger partial charge on any atom is 0.176 e. The normalized spacial score (nSPS) is 10.6. The molecule has 0 spiro atoms. The van der Waals surface area contributed by atoms with E-state index in [0.717, 1.165) is 5.56 Å². The molecule has 76 valence electrons. The summed E-state index contributed by atoms with van der Waals surface area (Å²) in [5.41, 5.74) is 2.01. The summed E-state index contributed by atoms with van der Waals surface area (Å²) in [6.45, 7) is 4.66. The maximum atomic E-state index is 11.6. The summed E-state index contributed by atoms with van der Waals surface area (Å²) < 4.78 is 0. The molecular weight excluding hydrogens is 174 g/mol. The number of hydrogen-bond donors (Lipinski definition) is 1. The minimum Gasteiger partial charge on any atom is -0.313 e.